The van der Waals surface area contributed by atoms with Gasteiger partial charge in [-0.05, 0) is 43.4 Å². The number of carbonyl (C=O) groups excluding carboxylic acids is 1. The molecule has 0 aromatic heterocycles. The van der Waals surface area contributed by atoms with Gasteiger partial charge >= 0.3 is 0 Å². The Morgan fingerprint density at radius 1 is 1.33 bits per heavy atom. The van der Waals surface area contributed by atoms with Crippen LogP contribution in [0.15, 0.2) is 24.3 Å². The van der Waals surface area contributed by atoms with Gasteiger partial charge in [-0.2, -0.15) is 0 Å². The van der Waals surface area contributed by atoms with Crippen LogP contribution >= 0.6 is 0 Å². The van der Waals surface area contributed by atoms with E-state index < -0.39 is 0 Å². The van der Waals surface area contributed by atoms with Crippen LogP contribution in [0.25, 0.3) is 0 Å². The van der Waals surface area contributed by atoms with Crippen LogP contribution in [0.1, 0.15) is 31.2 Å². The molecular weight excluding hydrogens is 268 g/mol. The molecule has 0 bridgehead atoms. The van der Waals surface area contributed by atoms with Gasteiger partial charge in [0.05, 0.1) is 19.1 Å². The van der Waals surface area contributed by atoms with Gasteiger partial charge in [-0.15, -0.1) is 0 Å². The fourth-order valence-corrected chi connectivity index (χ4v) is 2.59. The first-order chi connectivity index (χ1) is 10.1. The van der Waals surface area contributed by atoms with Crippen LogP contribution in [0.4, 0.5) is 0 Å². The zero-order valence-electron chi connectivity index (χ0n) is 12.3. The molecule has 1 fully saturated rings. The molecule has 1 saturated carbocycles. The largest absolute Gasteiger partial charge is 0.508 e. The summed E-state index contributed by atoms with van der Waals surface area (Å²) in [7, 11) is 0. The number of phenols is 1. The van der Waals surface area contributed by atoms with Gasteiger partial charge in [0, 0.05) is 12.6 Å². The van der Waals surface area contributed by atoms with Crippen LogP contribution in [0.5, 0.6) is 5.75 Å². The van der Waals surface area contributed by atoms with Crippen LogP contribution in [-0.4, -0.2) is 36.3 Å². The van der Waals surface area contributed by atoms with Crippen molar-refractivity contribution < 1.29 is 14.6 Å². The minimum atomic E-state index is -0.0603. The number of nitrogens with one attached hydrogen (secondary N) is 1. The number of amides is 1. The topological polar surface area (TPSA) is 84.6 Å². The van der Waals surface area contributed by atoms with Crippen molar-refractivity contribution in [1.82, 2.24) is 5.32 Å². The summed E-state index contributed by atoms with van der Waals surface area (Å²) in [5, 5.41) is 12.2. The van der Waals surface area contributed by atoms with Crippen molar-refractivity contribution in [3.8, 4) is 5.75 Å². The molecule has 116 valence electrons. The highest BCUT2D eigenvalue weighted by Crippen LogP contribution is 2.19. The molecule has 0 heterocycles. The van der Waals surface area contributed by atoms with Crippen LogP contribution in [0, 0.1) is 0 Å². The lowest BCUT2D eigenvalue weighted by atomic mass is 9.94. The predicted octanol–water partition coefficient (Wildman–Crippen LogP) is 1.34. The Labute approximate surface area is 125 Å². The second kappa shape index (κ2) is 8.00. The zero-order chi connectivity index (χ0) is 15.1. The molecule has 1 aliphatic rings. The lowest BCUT2D eigenvalue weighted by Crippen LogP contribution is -2.33. The summed E-state index contributed by atoms with van der Waals surface area (Å²) < 4.78 is 5.74. The molecule has 1 aromatic rings. The molecule has 0 unspecified atom stereocenters. The van der Waals surface area contributed by atoms with Gasteiger partial charge in [0.2, 0.25) is 5.91 Å². The van der Waals surface area contributed by atoms with Crippen molar-refractivity contribution in [2.75, 3.05) is 13.2 Å². The molecule has 0 saturated heterocycles. The Hall–Kier alpha value is -1.59. The van der Waals surface area contributed by atoms with E-state index in [4.69, 9.17) is 10.5 Å². The van der Waals surface area contributed by atoms with E-state index in [-0.39, 0.29) is 24.2 Å². The van der Waals surface area contributed by atoms with Crippen molar-refractivity contribution in [3.05, 3.63) is 29.8 Å². The van der Waals surface area contributed by atoms with E-state index in [1.54, 1.807) is 18.2 Å². The first-order valence-corrected chi connectivity index (χ1v) is 7.55. The smallest absolute Gasteiger partial charge is 0.224 e. The van der Waals surface area contributed by atoms with Crippen LogP contribution in [0.2, 0.25) is 0 Å². The van der Waals surface area contributed by atoms with E-state index in [1.165, 1.54) is 0 Å². The zero-order valence-corrected chi connectivity index (χ0v) is 12.3. The average Bonchev–Trinajstić information content (AvgIpc) is 2.45. The van der Waals surface area contributed by atoms with Gasteiger partial charge in [-0.25, -0.2) is 0 Å². The number of carbonyl (C=O) groups is 1. The third-order valence-corrected chi connectivity index (χ3v) is 3.77. The van der Waals surface area contributed by atoms with Gasteiger partial charge in [0.15, 0.2) is 0 Å². The van der Waals surface area contributed by atoms with E-state index in [2.05, 4.69) is 5.32 Å². The fraction of sp³-hybridized carbons (Fsp3) is 0.562. The summed E-state index contributed by atoms with van der Waals surface area (Å²) in [6.07, 6.45) is 4.62. The second-order valence-corrected chi connectivity index (χ2v) is 5.60. The summed E-state index contributed by atoms with van der Waals surface area (Å²) in [6.45, 7) is 1.05. The maximum Gasteiger partial charge on any atom is 0.224 e. The standard InChI is InChI=1S/C16H24N2O3/c17-13-4-6-15(7-5-13)21-9-8-18-16(20)11-12-2-1-3-14(19)10-12/h1-3,10,13,15,19H,4-9,11,17H2,(H,18,20). The Morgan fingerprint density at radius 3 is 2.81 bits per heavy atom. The minimum absolute atomic E-state index is 0.0603. The molecular formula is C16H24N2O3. The monoisotopic (exact) mass is 292 g/mol. The second-order valence-electron chi connectivity index (χ2n) is 5.60. The molecule has 21 heavy (non-hydrogen) atoms. The molecule has 5 heteroatoms. The molecule has 0 spiro atoms. The van der Waals surface area contributed by atoms with Gasteiger partial charge < -0.3 is 20.9 Å². The van der Waals surface area contributed by atoms with E-state index >= 15 is 0 Å². The predicted molar refractivity (Wildman–Crippen MR) is 81.0 cm³/mol. The summed E-state index contributed by atoms with van der Waals surface area (Å²) in [5.74, 6) is 0.119. The van der Waals surface area contributed by atoms with Crippen LogP contribution in [0.3, 0.4) is 0 Å². The Bertz CT molecular complexity index is 457. The summed E-state index contributed by atoms with van der Waals surface area (Å²) in [4.78, 5) is 11.8. The molecule has 4 N–H and O–H groups in total. The first kappa shape index (κ1) is 15.8. The summed E-state index contributed by atoms with van der Waals surface area (Å²) >= 11 is 0. The number of ether oxygens (including phenoxy) is 1. The maximum atomic E-state index is 11.8. The normalized spacial score (nSPS) is 22.0. The number of nitrogens with two attached hydrogens (primary N) is 1. The van der Waals surface area contributed by atoms with Crippen molar-refractivity contribution >= 4 is 5.91 Å². The number of hydrogen-bond acceptors (Lipinski definition) is 4. The summed E-state index contributed by atoms with van der Waals surface area (Å²) in [6, 6.07) is 7.06. The highest BCUT2D eigenvalue weighted by molar-refractivity contribution is 5.78. The quantitative estimate of drug-likeness (QED) is 0.691. The Balaban J connectivity index is 1.59. The number of hydrogen-bond donors (Lipinski definition) is 3. The van der Waals surface area contributed by atoms with Crippen molar-refractivity contribution in [2.24, 2.45) is 5.73 Å². The van der Waals surface area contributed by atoms with E-state index in [0.717, 1.165) is 31.2 Å². The molecule has 0 radical (unpaired) electrons. The van der Waals surface area contributed by atoms with Gasteiger partial charge in [0.1, 0.15) is 5.75 Å². The van der Waals surface area contributed by atoms with Gasteiger partial charge in [-0.3, -0.25) is 4.79 Å². The van der Waals surface area contributed by atoms with Gasteiger partial charge in [-0.1, -0.05) is 12.1 Å². The Kier molecular flexibility index (Phi) is 6.02. The van der Waals surface area contributed by atoms with Crippen molar-refractivity contribution in [1.29, 1.82) is 0 Å². The molecule has 1 amide bonds. The lowest BCUT2D eigenvalue weighted by Gasteiger charge is -2.26. The van der Waals surface area contributed by atoms with E-state index in [1.807, 2.05) is 6.07 Å². The lowest BCUT2D eigenvalue weighted by molar-refractivity contribution is -0.120. The molecule has 0 atom stereocenters. The highest BCUT2D eigenvalue weighted by Gasteiger charge is 2.18. The molecule has 2 rings (SSSR count). The third kappa shape index (κ3) is 5.73. The van der Waals surface area contributed by atoms with Crippen molar-refractivity contribution in [3.63, 3.8) is 0 Å². The van der Waals surface area contributed by atoms with E-state index in [9.17, 15) is 9.90 Å². The molecule has 5 nitrogen and oxygen atoms in total. The van der Waals surface area contributed by atoms with Crippen molar-refractivity contribution in [2.45, 2.75) is 44.2 Å². The van der Waals surface area contributed by atoms with Crippen LogP contribution < -0.4 is 11.1 Å². The van der Waals surface area contributed by atoms with Crippen LogP contribution in [-0.2, 0) is 16.0 Å². The average molecular weight is 292 g/mol. The minimum Gasteiger partial charge on any atom is -0.508 e. The number of benzene rings is 1. The summed E-state index contributed by atoms with van der Waals surface area (Å²) in [5.41, 5.74) is 6.65. The SMILES string of the molecule is NC1CCC(OCCNC(=O)Cc2cccc(O)c2)CC1. The molecule has 1 aliphatic carbocycles. The van der Waals surface area contributed by atoms with E-state index in [0.29, 0.717) is 19.2 Å². The number of aromatic hydroxyl groups is 1. The number of rotatable bonds is 6. The van der Waals surface area contributed by atoms with Gasteiger partial charge in [0.25, 0.3) is 0 Å². The maximum absolute atomic E-state index is 11.8. The fourth-order valence-electron chi connectivity index (χ4n) is 2.59. The first-order valence-electron chi connectivity index (χ1n) is 7.55. The Morgan fingerprint density at radius 2 is 2.10 bits per heavy atom. The molecule has 0 aliphatic heterocycles. The molecule has 1 aromatic carbocycles. The number of phenolic OH excluding ortho intramolecular Hbond substituents is 1. The third-order valence-electron chi connectivity index (χ3n) is 3.77. The highest BCUT2D eigenvalue weighted by atomic mass is 16.5.